The zero-order chi connectivity index (χ0) is 15.1. The number of halogens is 4. The molecule has 0 aromatic rings. The summed E-state index contributed by atoms with van der Waals surface area (Å²) in [5, 5.41) is 12.3. The number of hydrogen-bond donors (Lipinski definition) is 3. The third-order valence-electron chi connectivity index (χ3n) is 2.40. The van der Waals surface area contributed by atoms with E-state index in [9.17, 15) is 27.2 Å². The highest BCUT2D eigenvalue weighted by atomic mass is 19.3. The van der Waals surface area contributed by atoms with Crippen molar-refractivity contribution < 1.29 is 32.3 Å². The molecule has 0 saturated heterocycles. The third-order valence-corrected chi connectivity index (χ3v) is 2.40. The van der Waals surface area contributed by atoms with Crippen molar-refractivity contribution in [2.45, 2.75) is 32.1 Å². The van der Waals surface area contributed by atoms with Crippen LogP contribution in [0.15, 0.2) is 0 Å². The predicted molar refractivity (Wildman–Crippen MR) is 58.4 cm³/mol. The molecule has 9 heteroatoms. The zero-order valence-corrected chi connectivity index (χ0v) is 10.3. The molecule has 0 heterocycles. The lowest BCUT2D eigenvalue weighted by Gasteiger charge is -2.17. The lowest BCUT2D eigenvalue weighted by atomic mass is 10.0. The van der Waals surface area contributed by atoms with E-state index in [0.717, 1.165) is 0 Å². The van der Waals surface area contributed by atoms with Gasteiger partial charge in [0.2, 0.25) is 0 Å². The van der Waals surface area contributed by atoms with Crippen LogP contribution in [0.4, 0.5) is 22.4 Å². The van der Waals surface area contributed by atoms with Gasteiger partial charge in [-0.15, -0.1) is 0 Å². The van der Waals surface area contributed by atoms with E-state index in [4.69, 9.17) is 5.11 Å². The monoisotopic (exact) mass is 288 g/mol. The lowest BCUT2D eigenvalue weighted by Crippen LogP contribution is -2.46. The highest BCUT2D eigenvalue weighted by Gasteiger charge is 2.40. The summed E-state index contributed by atoms with van der Waals surface area (Å²) in [7, 11) is 0. The highest BCUT2D eigenvalue weighted by molar-refractivity contribution is 5.74. The van der Waals surface area contributed by atoms with Crippen LogP contribution in [-0.4, -0.2) is 42.5 Å². The fourth-order valence-electron chi connectivity index (χ4n) is 1.18. The Morgan fingerprint density at radius 2 is 1.84 bits per heavy atom. The molecule has 0 radical (unpaired) electrons. The quantitative estimate of drug-likeness (QED) is 0.595. The smallest absolute Gasteiger partial charge is 0.324 e. The second kappa shape index (κ2) is 7.80. The number of urea groups is 1. The van der Waals surface area contributed by atoms with Crippen LogP contribution in [0, 0.1) is 5.92 Å². The van der Waals surface area contributed by atoms with Gasteiger partial charge in [-0.25, -0.2) is 13.6 Å². The summed E-state index contributed by atoms with van der Waals surface area (Å²) in [6.07, 6.45) is -3.56. The van der Waals surface area contributed by atoms with Crippen molar-refractivity contribution >= 4 is 12.0 Å². The van der Waals surface area contributed by atoms with Crippen LogP contribution in [-0.2, 0) is 4.79 Å². The average Bonchev–Trinajstić information content (AvgIpc) is 2.31. The summed E-state index contributed by atoms with van der Waals surface area (Å²) in [6, 6.07) is -1.04. The molecule has 0 aromatic heterocycles. The van der Waals surface area contributed by atoms with E-state index >= 15 is 0 Å². The molecular formula is C10H16F4N2O3. The van der Waals surface area contributed by atoms with Gasteiger partial charge in [0.25, 0.3) is 0 Å². The number of carbonyl (C=O) groups excluding carboxylic acids is 1. The van der Waals surface area contributed by atoms with E-state index in [-0.39, 0.29) is 18.9 Å². The first-order valence-electron chi connectivity index (χ1n) is 5.58. The average molecular weight is 288 g/mol. The number of aliphatic carboxylic acids is 1. The molecule has 1 unspecified atom stereocenters. The normalized spacial score (nSPS) is 13.2. The minimum atomic E-state index is -4.29. The van der Waals surface area contributed by atoms with Gasteiger partial charge in [0, 0.05) is 13.0 Å². The molecule has 0 aromatic carbocycles. The van der Waals surface area contributed by atoms with Crippen molar-refractivity contribution in [1.29, 1.82) is 0 Å². The van der Waals surface area contributed by atoms with Gasteiger partial charge in [0.1, 0.15) is 0 Å². The Labute approximate surface area is 107 Å². The molecule has 0 aliphatic rings. The number of alkyl halides is 4. The molecule has 0 saturated carbocycles. The predicted octanol–water partition coefficient (Wildman–Crippen LogP) is 1.69. The van der Waals surface area contributed by atoms with Crippen LogP contribution in [0.2, 0.25) is 0 Å². The number of rotatable bonds is 8. The minimum absolute atomic E-state index is 0.0329. The van der Waals surface area contributed by atoms with Crippen molar-refractivity contribution in [3.8, 4) is 0 Å². The maximum absolute atomic E-state index is 12.5. The van der Waals surface area contributed by atoms with Crippen molar-refractivity contribution in [2.24, 2.45) is 5.92 Å². The number of amides is 2. The summed E-state index contributed by atoms with van der Waals surface area (Å²) >= 11 is 0. The Balaban J connectivity index is 4.02. The maximum atomic E-state index is 12.5. The Bertz CT molecular complexity index is 313. The Hall–Kier alpha value is -1.54. The van der Waals surface area contributed by atoms with E-state index in [2.05, 4.69) is 5.32 Å². The zero-order valence-electron chi connectivity index (χ0n) is 10.3. The molecule has 0 aliphatic carbocycles. The molecular weight excluding hydrogens is 272 g/mol. The van der Waals surface area contributed by atoms with Gasteiger partial charge in [0.15, 0.2) is 0 Å². The first-order chi connectivity index (χ1) is 8.69. The van der Waals surface area contributed by atoms with E-state index in [1.807, 2.05) is 0 Å². The maximum Gasteiger partial charge on any atom is 0.324 e. The van der Waals surface area contributed by atoms with E-state index in [1.165, 1.54) is 0 Å². The van der Waals surface area contributed by atoms with Crippen molar-refractivity contribution in [3.05, 3.63) is 0 Å². The summed E-state index contributed by atoms with van der Waals surface area (Å²) in [4.78, 5) is 21.5. The summed E-state index contributed by atoms with van der Waals surface area (Å²) < 4.78 is 48.5. The Morgan fingerprint density at radius 1 is 1.26 bits per heavy atom. The number of hydrogen-bond acceptors (Lipinski definition) is 2. The molecule has 0 fully saturated rings. The van der Waals surface area contributed by atoms with E-state index < -0.39 is 30.9 Å². The van der Waals surface area contributed by atoms with Gasteiger partial charge >= 0.3 is 24.3 Å². The number of carboxylic acid groups (broad SMARTS) is 1. The van der Waals surface area contributed by atoms with E-state index in [0.29, 0.717) is 6.42 Å². The molecule has 1 atom stereocenters. The van der Waals surface area contributed by atoms with Gasteiger partial charge in [-0.3, -0.25) is 4.79 Å². The Kier molecular flexibility index (Phi) is 7.17. The molecule has 19 heavy (non-hydrogen) atoms. The summed E-state index contributed by atoms with van der Waals surface area (Å²) in [6.45, 7) is 0.194. The molecule has 2 amide bonds. The molecule has 0 spiro atoms. The molecule has 3 N–H and O–H groups in total. The van der Waals surface area contributed by atoms with Gasteiger partial charge in [-0.2, -0.15) is 8.78 Å². The molecule has 112 valence electrons. The van der Waals surface area contributed by atoms with Crippen LogP contribution in [0.1, 0.15) is 19.8 Å². The van der Waals surface area contributed by atoms with Crippen molar-refractivity contribution in [2.75, 3.05) is 13.1 Å². The molecule has 0 rings (SSSR count). The largest absolute Gasteiger partial charge is 0.481 e. The Morgan fingerprint density at radius 3 is 2.26 bits per heavy atom. The number of nitrogens with one attached hydrogen (secondary N) is 2. The second-order valence-corrected chi connectivity index (χ2v) is 4.00. The van der Waals surface area contributed by atoms with Gasteiger partial charge in [-0.1, -0.05) is 13.3 Å². The summed E-state index contributed by atoms with van der Waals surface area (Å²) in [5.41, 5.74) is 0. The van der Waals surface area contributed by atoms with Gasteiger partial charge in [-0.05, 0) is 5.92 Å². The standard InChI is InChI=1S/C10H16F4N2O3/c1-2-6(3-7(17)18)4-15-9(19)16-5-10(13,14)8(11)12/h6,8H,2-5H2,1H3,(H,17,18)(H2,15,16,19). The fourth-order valence-corrected chi connectivity index (χ4v) is 1.18. The van der Waals surface area contributed by atoms with Crippen LogP contribution in [0.5, 0.6) is 0 Å². The fraction of sp³-hybridized carbons (Fsp3) is 0.800. The van der Waals surface area contributed by atoms with Crippen LogP contribution < -0.4 is 10.6 Å². The third kappa shape index (κ3) is 7.47. The van der Waals surface area contributed by atoms with Crippen LogP contribution in [0.25, 0.3) is 0 Å². The number of carbonyl (C=O) groups is 2. The first kappa shape index (κ1) is 17.5. The number of carboxylic acids is 1. The van der Waals surface area contributed by atoms with Crippen LogP contribution in [0.3, 0.4) is 0 Å². The van der Waals surface area contributed by atoms with Crippen molar-refractivity contribution in [3.63, 3.8) is 0 Å². The molecule has 0 aliphatic heterocycles. The molecule has 5 nitrogen and oxygen atoms in total. The van der Waals surface area contributed by atoms with Gasteiger partial charge < -0.3 is 15.7 Å². The highest BCUT2D eigenvalue weighted by Crippen LogP contribution is 2.21. The second-order valence-electron chi connectivity index (χ2n) is 4.00. The van der Waals surface area contributed by atoms with E-state index in [1.54, 1.807) is 12.2 Å². The van der Waals surface area contributed by atoms with Crippen molar-refractivity contribution in [1.82, 2.24) is 10.6 Å². The topological polar surface area (TPSA) is 78.4 Å². The lowest BCUT2D eigenvalue weighted by molar-refractivity contribution is -0.138. The van der Waals surface area contributed by atoms with Gasteiger partial charge in [0.05, 0.1) is 6.54 Å². The SMILES string of the molecule is CCC(CNC(=O)NCC(F)(F)C(F)F)CC(=O)O. The molecule has 0 bridgehead atoms. The minimum Gasteiger partial charge on any atom is -0.481 e. The van der Waals surface area contributed by atoms with Crippen LogP contribution >= 0.6 is 0 Å². The first-order valence-corrected chi connectivity index (χ1v) is 5.58. The summed E-state index contributed by atoms with van der Waals surface area (Å²) in [5.74, 6) is -5.68.